The maximum Gasteiger partial charge on any atom is 0.280 e. The first kappa shape index (κ1) is 19.5. The van der Waals surface area contributed by atoms with Gasteiger partial charge in [0.2, 0.25) is 0 Å². The molecule has 1 atom stereocenters. The van der Waals surface area contributed by atoms with Crippen LogP contribution in [0.15, 0.2) is 28.8 Å². The number of nitro benzene ring substituents is 1. The average molecular weight is 380 g/mol. The van der Waals surface area contributed by atoms with Crippen LogP contribution in [0.25, 0.3) is 17.3 Å². The fraction of sp³-hybridized carbons (Fsp3) is 0.333. The highest BCUT2D eigenvalue weighted by atomic mass is 35.5. The molecule has 1 N–H and O–H groups in total. The third-order valence-corrected chi connectivity index (χ3v) is 3.83. The van der Waals surface area contributed by atoms with Gasteiger partial charge in [0.15, 0.2) is 11.5 Å². The number of nitrogens with zero attached hydrogens (tertiary/aromatic N) is 6. The number of aromatic nitrogens is 5. The fourth-order valence-electron chi connectivity index (χ4n) is 2.32. The smallest absolute Gasteiger partial charge is 0.280 e. The van der Waals surface area contributed by atoms with Gasteiger partial charge in [-0.3, -0.25) is 10.1 Å². The number of nitrogens with one attached hydrogen (secondary N) is 1. The molecule has 0 spiro atoms. The second-order valence-electron chi connectivity index (χ2n) is 5.62. The Hall–Kier alpha value is -2.85. The largest absolute Gasteiger partial charge is 0.332 e. The number of halogens is 1. The van der Waals surface area contributed by atoms with E-state index in [1.807, 2.05) is 14.0 Å². The first-order valence-electron chi connectivity index (χ1n) is 7.67. The van der Waals surface area contributed by atoms with Gasteiger partial charge in [-0.05, 0) is 27.0 Å². The number of hydrogen-bond acceptors (Lipinski definition) is 8. The minimum absolute atomic E-state index is 0. The minimum atomic E-state index is -0.454. The SMILES string of the molecule is CNC(C)Cc1noc(-c2nnn(-c3cccc([N+](=O)[O-])c3)c2C)n1.Cl. The van der Waals surface area contributed by atoms with Gasteiger partial charge in [-0.1, -0.05) is 16.4 Å². The molecular formula is C15H18ClN7O3. The van der Waals surface area contributed by atoms with E-state index in [4.69, 9.17) is 4.52 Å². The van der Waals surface area contributed by atoms with Crippen molar-refractivity contribution in [1.29, 1.82) is 0 Å². The highest BCUT2D eigenvalue weighted by Crippen LogP contribution is 2.23. The van der Waals surface area contributed by atoms with E-state index in [2.05, 4.69) is 25.8 Å². The first-order valence-corrected chi connectivity index (χ1v) is 7.67. The third kappa shape index (κ3) is 3.86. The van der Waals surface area contributed by atoms with Crippen molar-refractivity contribution in [3.05, 3.63) is 45.9 Å². The van der Waals surface area contributed by atoms with Gasteiger partial charge in [-0.25, -0.2) is 4.68 Å². The molecule has 0 saturated carbocycles. The maximum absolute atomic E-state index is 10.9. The molecule has 1 unspecified atom stereocenters. The van der Waals surface area contributed by atoms with E-state index in [-0.39, 0.29) is 30.0 Å². The van der Waals surface area contributed by atoms with E-state index in [0.29, 0.717) is 29.3 Å². The number of nitro groups is 1. The Morgan fingerprint density at radius 1 is 1.42 bits per heavy atom. The lowest BCUT2D eigenvalue weighted by Crippen LogP contribution is -2.24. The Morgan fingerprint density at radius 3 is 2.88 bits per heavy atom. The van der Waals surface area contributed by atoms with Crippen molar-refractivity contribution in [3.63, 3.8) is 0 Å². The van der Waals surface area contributed by atoms with Crippen molar-refractivity contribution in [3.8, 4) is 17.3 Å². The van der Waals surface area contributed by atoms with Gasteiger partial charge in [-0.15, -0.1) is 17.5 Å². The van der Waals surface area contributed by atoms with Gasteiger partial charge in [0.1, 0.15) is 0 Å². The highest BCUT2D eigenvalue weighted by Gasteiger charge is 2.19. The molecule has 26 heavy (non-hydrogen) atoms. The van der Waals surface area contributed by atoms with Crippen LogP contribution in [0.4, 0.5) is 5.69 Å². The van der Waals surface area contributed by atoms with Gasteiger partial charge in [-0.2, -0.15) is 4.98 Å². The summed E-state index contributed by atoms with van der Waals surface area (Å²) in [6.45, 7) is 3.80. The van der Waals surface area contributed by atoms with Crippen LogP contribution in [0.3, 0.4) is 0 Å². The lowest BCUT2D eigenvalue weighted by Gasteiger charge is -2.04. The van der Waals surface area contributed by atoms with Crippen LogP contribution in [-0.2, 0) is 6.42 Å². The van der Waals surface area contributed by atoms with Gasteiger partial charge in [0.25, 0.3) is 11.6 Å². The van der Waals surface area contributed by atoms with E-state index in [1.54, 1.807) is 19.1 Å². The van der Waals surface area contributed by atoms with Crippen LogP contribution < -0.4 is 5.32 Å². The van der Waals surface area contributed by atoms with E-state index in [1.165, 1.54) is 16.8 Å². The quantitative estimate of drug-likeness (QED) is 0.509. The minimum Gasteiger partial charge on any atom is -0.332 e. The van der Waals surface area contributed by atoms with Crippen molar-refractivity contribution in [1.82, 2.24) is 30.5 Å². The molecule has 138 valence electrons. The van der Waals surface area contributed by atoms with E-state index in [0.717, 1.165) is 0 Å². The molecule has 2 aromatic heterocycles. The summed E-state index contributed by atoms with van der Waals surface area (Å²) in [4.78, 5) is 14.8. The third-order valence-electron chi connectivity index (χ3n) is 3.83. The second-order valence-corrected chi connectivity index (χ2v) is 5.62. The average Bonchev–Trinajstić information content (AvgIpc) is 3.21. The molecule has 0 aliphatic rings. The predicted octanol–water partition coefficient (Wildman–Crippen LogP) is 2.11. The summed E-state index contributed by atoms with van der Waals surface area (Å²) in [5, 5.41) is 26.1. The summed E-state index contributed by atoms with van der Waals surface area (Å²) in [5.41, 5.74) is 1.61. The normalized spacial score (nSPS) is 11.8. The van der Waals surface area contributed by atoms with Gasteiger partial charge < -0.3 is 9.84 Å². The van der Waals surface area contributed by atoms with Crippen LogP contribution in [0.2, 0.25) is 0 Å². The molecule has 0 aliphatic carbocycles. The number of likely N-dealkylation sites (N-methyl/N-ethyl adjacent to an activating group) is 1. The molecule has 0 radical (unpaired) electrons. The lowest BCUT2D eigenvalue weighted by atomic mass is 10.2. The monoisotopic (exact) mass is 379 g/mol. The number of benzene rings is 1. The summed E-state index contributed by atoms with van der Waals surface area (Å²) >= 11 is 0. The van der Waals surface area contributed by atoms with Gasteiger partial charge in [0, 0.05) is 24.6 Å². The Bertz CT molecular complexity index is 908. The number of non-ortho nitro benzene ring substituents is 1. The maximum atomic E-state index is 10.9. The first-order chi connectivity index (χ1) is 12.0. The van der Waals surface area contributed by atoms with Gasteiger partial charge in [0.05, 0.1) is 16.3 Å². The summed E-state index contributed by atoms with van der Waals surface area (Å²) in [6, 6.07) is 6.38. The second kappa shape index (κ2) is 8.02. The zero-order valence-electron chi connectivity index (χ0n) is 14.4. The van der Waals surface area contributed by atoms with Gasteiger partial charge >= 0.3 is 0 Å². The lowest BCUT2D eigenvalue weighted by molar-refractivity contribution is -0.384. The van der Waals surface area contributed by atoms with Crippen LogP contribution >= 0.6 is 12.4 Å². The molecular weight excluding hydrogens is 362 g/mol. The van der Waals surface area contributed by atoms with E-state index in [9.17, 15) is 10.1 Å². The highest BCUT2D eigenvalue weighted by molar-refractivity contribution is 5.85. The Balaban J connectivity index is 0.00000243. The van der Waals surface area contributed by atoms with Crippen molar-refractivity contribution >= 4 is 18.1 Å². The predicted molar refractivity (Wildman–Crippen MR) is 95.5 cm³/mol. The summed E-state index contributed by atoms with van der Waals surface area (Å²) in [6.07, 6.45) is 0.623. The summed E-state index contributed by atoms with van der Waals surface area (Å²) < 4.78 is 6.78. The Kier molecular flexibility index (Phi) is 6.01. The molecule has 10 nitrogen and oxygen atoms in total. The molecule has 0 aliphatic heterocycles. The molecule has 1 aromatic carbocycles. The van der Waals surface area contributed by atoms with E-state index >= 15 is 0 Å². The molecule has 3 aromatic rings. The van der Waals surface area contributed by atoms with Crippen LogP contribution in [0, 0.1) is 17.0 Å². The van der Waals surface area contributed by atoms with Crippen LogP contribution in [0.5, 0.6) is 0 Å². The Labute approximate surface area is 155 Å². The molecule has 0 bridgehead atoms. The number of rotatable bonds is 6. The zero-order valence-corrected chi connectivity index (χ0v) is 15.2. The fourth-order valence-corrected chi connectivity index (χ4v) is 2.32. The van der Waals surface area contributed by atoms with E-state index < -0.39 is 4.92 Å². The molecule has 2 heterocycles. The molecule has 0 fully saturated rings. The molecule has 0 amide bonds. The summed E-state index contributed by atoms with van der Waals surface area (Å²) in [5.74, 6) is 0.841. The standard InChI is InChI=1S/C15H17N7O3.ClH/c1-9(16-3)7-13-17-15(25-19-13)14-10(2)21(20-18-14)11-5-4-6-12(8-11)22(23)24;/h4-6,8-9,16H,7H2,1-3H3;1H. The van der Waals surface area contributed by atoms with Crippen molar-refractivity contribution < 1.29 is 9.45 Å². The molecule has 11 heteroatoms. The van der Waals surface area contributed by atoms with Crippen molar-refractivity contribution in [2.45, 2.75) is 26.3 Å². The van der Waals surface area contributed by atoms with Crippen LogP contribution in [-0.4, -0.2) is 43.1 Å². The van der Waals surface area contributed by atoms with Crippen LogP contribution in [0.1, 0.15) is 18.4 Å². The molecule has 3 rings (SSSR count). The van der Waals surface area contributed by atoms with Crippen molar-refractivity contribution in [2.24, 2.45) is 0 Å². The zero-order chi connectivity index (χ0) is 18.0. The summed E-state index contributed by atoms with van der Waals surface area (Å²) in [7, 11) is 1.86. The Morgan fingerprint density at radius 2 is 2.19 bits per heavy atom. The number of hydrogen-bond donors (Lipinski definition) is 1. The molecule has 0 saturated heterocycles. The topological polar surface area (TPSA) is 125 Å². The van der Waals surface area contributed by atoms with Crippen molar-refractivity contribution in [2.75, 3.05) is 7.05 Å².